The zero-order valence-electron chi connectivity index (χ0n) is 12.9. The summed E-state index contributed by atoms with van der Waals surface area (Å²) in [7, 11) is 0. The predicted molar refractivity (Wildman–Crippen MR) is 88.5 cm³/mol. The van der Waals surface area contributed by atoms with Gasteiger partial charge in [0.1, 0.15) is 11.4 Å². The standard InChI is InChI=1S/C18H19N3O2/c22-18(16-12-13-6-4-5-9-15(13)23-16)20-17-10-11-19-21(17)14-7-2-1-3-8-14/h4-6,9-12,14H,1-3,7-8H2,(H,20,22). The maximum absolute atomic E-state index is 12.5. The van der Waals surface area contributed by atoms with E-state index in [-0.39, 0.29) is 5.91 Å². The molecule has 3 aromatic rings. The molecule has 0 spiro atoms. The van der Waals surface area contributed by atoms with Crippen LogP contribution in [0.4, 0.5) is 5.82 Å². The number of carbonyl (C=O) groups excluding carboxylic acids is 1. The maximum Gasteiger partial charge on any atom is 0.292 e. The first-order valence-corrected chi connectivity index (χ1v) is 8.15. The van der Waals surface area contributed by atoms with Crippen molar-refractivity contribution in [1.82, 2.24) is 9.78 Å². The molecule has 0 saturated heterocycles. The van der Waals surface area contributed by atoms with Crippen molar-refractivity contribution < 1.29 is 9.21 Å². The van der Waals surface area contributed by atoms with Gasteiger partial charge >= 0.3 is 0 Å². The van der Waals surface area contributed by atoms with Crippen molar-refractivity contribution in [3.8, 4) is 0 Å². The summed E-state index contributed by atoms with van der Waals surface area (Å²) in [4.78, 5) is 12.5. The molecule has 0 atom stereocenters. The van der Waals surface area contributed by atoms with Crippen LogP contribution in [0.1, 0.15) is 48.7 Å². The minimum Gasteiger partial charge on any atom is -0.451 e. The number of anilines is 1. The highest BCUT2D eigenvalue weighted by molar-refractivity contribution is 6.04. The zero-order chi connectivity index (χ0) is 15.6. The Balaban J connectivity index is 1.55. The second kappa shape index (κ2) is 5.91. The number of furan rings is 1. The maximum atomic E-state index is 12.5. The van der Waals surface area contributed by atoms with Crippen molar-refractivity contribution in [3.63, 3.8) is 0 Å². The fraction of sp³-hybridized carbons (Fsp3) is 0.333. The summed E-state index contributed by atoms with van der Waals surface area (Å²) in [6, 6.07) is 11.6. The van der Waals surface area contributed by atoms with E-state index in [2.05, 4.69) is 10.4 Å². The van der Waals surface area contributed by atoms with Gasteiger partial charge in [0.25, 0.3) is 5.91 Å². The van der Waals surface area contributed by atoms with E-state index in [0.717, 1.165) is 29.6 Å². The SMILES string of the molecule is O=C(Nc1ccnn1C1CCCCC1)c1cc2ccccc2o1. The molecule has 1 saturated carbocycles. The van der Waals surface area contributed by atoms with Crippen molar-refractivity contribution in [2.24, 2.45) is 0 Å². The Hall–Kier alpha value is -2.56. The van der Waals surface area contributed by atoms with E-state index >= 15 is 0 Å². The number of para-hydroxylation sites is 1. The lowest BCUT2D eigenvalue weighted by Crippen LogP contribution is -2.20. The fourth-order valence-corrected chi connectivity index (χ4v) is 3.30. The lowest BCUT2D eigenvalue weighted by molar-refractivity contribution is 0.0997. The van der Waals surface area contributed by atoms with Gasteiger partial charge < -0.3 is 9.73 Å². The van der Waals surface area contributed by atoms with Gasteiger partial charge in [-0.25, -0.2) is 4.68 Å². The van der Waals surface area contributed by atoms with E-state index in [0.29, 0.717) is 11.8 Å². The average molecular weight is 309 g/mol. The number of nitrogens with one attached hydrogen (secondary N) is 1. The van der Waals surface area contributed by atoms with Crippen LogP contribution in [-0.2, 0) is 0 Å². The molecule has 2 heterocycles. The smallest absolute Gasteiger partial charge is 0.292 e. The molecule has 5 nitrogen and oxygen atoms in total. The Bertz CT molecular complexity index is 795. The lowest BCUT2D eigenvalue weighted by atomic mass is 9.96. The number of hydrogen-bond donors (Lipinski definition) is 1. The minimum atomic E-state index is -0.237. The first-order chi connectivity index (χ1) is 11.3. The number of carbonyl (C=O) groups is 1. The number of fused-ring (bicyclic) bond motifs is 1. The van der Waals surface area contributed by atoms with Gasteiger partial charge in [0.05, 0.1) is 12.2 Å². The molecule has 118 valence electrons. The average Bonchev–Trinajstić information content (AvgIpc) is 3.22. The largest absolute Gasteiger partial charge is 0.451 e. The van der Waals surface area contributed by atoms with Gasteiger partial charge in [-0.15, -0.1) is 0 Å². The molecule has 1 aliphatic carbocycles. The number of rotatable bonds is 3. The highest BCUT2D eigenvalue weighted by atomic mass is 16.3. The van der Waals surface area contributed by atoms with Gasteiger partial charge in [-0.3, -0.25) is 4.79 Å². The van der Waals surface area contributed by atoms with Crippen molar-refractivity contribution >= 4 is 22.7 Å². The van der Waals surface area contributed by atoms with Crippen molar-refractivity contribution in [3.05, 3.63) is 48.4 Å². The lowest BCUT2D eigenvalue weighted by Gasteiger charge is -2.23. The molecule has 1 amide bonds. The van der Waals surface area contributed by atoms with Gasteiger partial charge in [-0.1, -0.05) is 37.5 Å². The van der Waals surface area contributed by atoms with E-state index in [1.54, 1.807) is 12.3 Å². The number of aromatic nitrogens is 2. The molecule has 5 heteroatoms. The first-order valence-electron chi connectivity index (χ1n) is 8.15. The van der Waals surface area contributed by atoms with Crippen LogP contribution in [0, 0.1) is 0 Å². The highest BCUT2D eigenvalue weighted by Crippen LogP contribution is 2.30. The summed E-state index contributed by atoms with van der Waals surface area (Å²) in [5.41, 5.74) is 0.721. The third-order valence-corrected chi connectivity index (χ3v) is 4.48. The van der Waals surface area contributed by atoms with E-state index in [9.17, 15) is 4.79 Å². The molecule has 0 radical (unpaired) electrons. The van der Waals surface area contributed by atoms with Gasteiger partial charge in [-0.2, -0.15) is 5.10 Å². The van der Waals surface area contributed by atoms with Gasteiger partial charge in [0, 0.05) is 11.5 Å². The van der Waals surface area contributed by atoms with Crippen LogP contribution in [0.5, 0.6) is 0 Å². The molecular weight excluding hydrogens is 290 g/mol. The summed E-state index contributed by atoms with van der Waals surface area (Å²) in [5, 5.41) is 8.26. The molecular formula is C18H19N3O2. The molecule has 1 fully saturated rings. The molecule has 1 aliphatic rings. The molecule has 2 aromatic heterocycles. The molecule has 0 bridgehead atoms. The Kier molecular flexibility index (Phi) is 3.61. The van der Waals surface area contributed by atoms with Crippen LogP contribution >= 0.6 is 0 Å². The topological polar surface area (TPSA) is 60.1 Å². The summed E-state index contributed by atoms with van der Waals surface area (Å²) >= 11 is 0. The Morgan fingerprint density at radius 3 is 2.83 bits per heavy atom. The summed E-state index contributed by atoms with van der Waals surface area (Å²) < 4.78 is 7.57. The van der Waals surface area contributed by atoms with Gasteiger partial charge in [0.15, 0.2) is 5.76 Å². The van der Waals surface area contributed by atoms with E-state index < -0.39 is 0 Å². The second-order valence-corrected chi connectivity index (χ2v) is 6.06. The van der Waals surface area contributed by atoms with Gasteiger partial charge in [0.2, 0.25) is 0 Å². The van der Waals surface area contributed by atoms with Crippen LogP contribution in [0.2, 0.25) is 0 Å². The van der Waals surface area contributed by atoms with Gasteiger partial charge in [-0.05, 0) is 25.0 Å². The normalized spacial score (nSPS) is 15.8. The summed E-state index contributed by atoms with van der Waals surface area (Å²) in [6.07, 6.45) is 7.72. The molecule has 4 rings (SSSR count). The Labute approximate surface area is 134 Å². The van der Waals surface area contributed by atoms with Crippen LogP contribution in [-0.4, -0.2) is 15.7 Å². The van der Waals surface area contributed by atoms with Crippen molar-refractivity contribution in [2.45, 2.75) is 38.1 Å². The Morgan fingerprint density at radius 1 is 1.17 bits per heavy atom. The number of hydrogen-bond acceptors (Lipinski definition) is 3. The van der Waals surface area contributed by atoms with Crippen LogP contribution in [0.25, 0.3) is 11.0 Å². The first kappa shape index (κ1) is 14.1. The third kappa shape index (κ3) is 2.74. The van der Waals surface area contributed by atoms with Crippen molar-refractivity contribution in [1.29, 1.82) is 0 Å². The summed E-state index contributed by atoms with van der Waals surface area (Å²) in [6.45, 7) is 0. The number of amides is 1. The van der Waals surface area contributed by atoms with Crippen LogP contribution < -0.4 is 5.32 Å². The third-order valence-electron chi connectivity index (χ3n) is 4.48. The van der Waals surface area contributed by atoms with Crippen LogP contribution in [0.3, 0.4) is 0 Å². The molecule has 0 aliphatic heterocycles. The zero-order valence-corrected chi connectivity index (χ0v) is 12.9. The number of benzene rings is 1. The van der Waals surface area contributed by atoms with E-state index in [1.165, 1.54) is 19.3 Å². The van der Waals surface area contributed by atoms with Crippen molar-refractivity contribution in [2.75, 3.05) is 5.32 Å². The quantitative estimate of drug-likeness (QED) is 0.780. The second-order valence-electron chi connectivity index (χ2n) is 6.06. The molecule has 0 unspecified atom stereocenters. The van der Waals surface area contributed by atoms with Crippen LogP contribution in [0.15, 0.2) is 47.0 Å². The Morgan fingerprint density at radius 2 is 2.00 bits per heavy atom. The minimum absolute atomic E-state index is 0.237. The molecule has 1 N–H and O–H groups in total. The summed E-state index contributed by atoms with van der Waals surface area (Å²) in [5.74, 6) is 0.823. The number of nitrogens with zero attached hydrogens (tertiary/aromatic N) is 2. The fourth-order valence-electron chi connectivity index (χ4n) is 3.30. The monoisotopic (exact) mass is 309 g/mol. The highest BCUT2D eigenvalue weighted by Gasteiger charge is 2.20. The molecule has 23 heavy (non-hydrogen) atoms. The predicted octanol–water partition coefficient (Wildman–Crippen LogP) is 4.39. The van der Waals surface area contributed by atoms with E-state index in [1.807, 2.05) is 35.0 Å². The molecule has 1 aromatic carbocycles. The van der Waals surface area contributed by atoms with E-state index in [4.69, 9.17) is 4.42 Å².